The molecule has 1 amide bonds. The van der Waals surface area contributed by atoms with E-state index < -0.39 is 12.1 Å². The summed E-state index contributed by atoms with van der Waals surface area (Å²) in [6, 6.07) is 3.76. The number of carboxylic acid groups (broad SMARTS) is 1. The lowest BCUT2D eigenvalue weighted by atomic mass is 9.87. The molecule has 0 saturated heterocycles. The van der Waals surface area contributed by atoms with E-state index in [1.807, 2.05) is 26.0 Å². The quantitative estimate of drug-likeness (QED) is 0.513. The van der Waals surface area contributed by atoms with Gasteiger partial charge in [0.1, 0.15) is 17.5 Å². The van der Waals surface area contributed by atoms with E-state index in [0.29, 0.717) is 30.1 Å². The molecular weight excluding hydrogens is 450 g/mol. The summed E-state index contributed by atoms with van der Waals surface area (Å²) in [4.78, 5) is 28.5. The molecule has 3 atom stereocenters. The lowest BCUT2D eigenvalue weighted by Crippen LogP contribution is -2.29. The molecule has 0 spiro atoms. The largest absolute Gasteiger partial charge is 0.488 e. The number of amides is 1. The number of carbonyl (C=O) groups is 2. The van der Waals surface area contributed by atoms with Gasteiger partial charge in [0.25, 0.3) is 0 Å². The predicted octanol–water partition coefficient (Wildman–Crippen LogP) is 4.19. The van der Waals surface area contributed by atoms with Gasteiger partial charge in [-0.1, -0.05) is 18.6 Å². The molecule has 2 aliphatic carbocycles. The Balaban J connectivity index is 1.48. The van der Waals surface area contributed by atoms with Gasteiger partial charge in [-0.25, -0.2) is 14.5 Å². The van der Waals surface area contributed by atoms with Crippen molar-refractivity contribution in [1.82, 2.24) is 25.3 Å². The highest BCUT2D eigenvalue weighted by Gasteiger charge is 2.33. The molecule has 2 heterocycles. The highest BCUT2D eigenvalue weighted by molar-refractivity contribution is 5.70. The number of carboxylic acids is 1. The Morgan fingerprint density at radius 2 is 2.06 bits per heavy atom. The summed E-state index contributed by atoms with van der Waals surface area (Å²) >= 11 is 0. The molecule has 2 N–H and O–H groups in total. The zero-order chi connectivity index (χ0) is 24.9. The number of alkyl carbamates (subject to hydrolysis) is 1. The van der Waals surface area contributed by atoms with Crippen LogP contribution in [0.25, 0.3) is 11.4 Å². The molecular formula is C25H35N5O5. The van der Waals surface area contributed by atoms with Crippen LogP contribution in [0.3, 0.4) is 0 Å². The van der Waals surface area contributed by atoms with E-state index in [1.165, 1.54) is 0 Å². The first-order chi connectivity index (χ1) is 16.9. The molecule has 10 heteroatoms. The highest BCUT2D eigenvalue weighted by Crippen LogP contribution is 2.44. The van der Waals surface area contributed by atoms with Gasteiger partial charge in [0.05, 0.1) is 35.6 Å². The molecule has 4 rings (SSSR count). The summed E-state index contributed by atoms with van der Waals surface area (Å²) in [5, 5.41) is 20.6. The number of rotatable bonds is 10. The lowest BCUT2D eigenvalue weighted by Gasteiger charge is -2.28. The van der Waals surface area contributed by atoms with Crippen molar-refractivity contribution in [1.29, 1.82) is 0 Å². The molecule has 10 nitrogen and oxygen atoms in total. The molecule has 2 aliphatic rings. The SMILES string of the molecule is CCC[C@@H](C)OC(=O)NCc1c(-c2ccc(O[C@H]3CCC[C@H](C(=O)O)C3)c(C3CC3)n2)nnn1C. The number of hydrogen-bond donors (Lipinski definition) is 2. The van der Waals surface area contributed by atoms with Crippen LogP contribution in [-0.4, -0.2) is 49.4 Å². The van der Waals surface area contributed by atoms with Crippen LogP contribution in [-0.2, 0) is 23.1 Å². The van der Waals surface area contributed by atoms with Gasteiger partial charge < -0.3 is 19.9 Å². The number of pyridine rings is 1. The molecule has 190 valence electrons. The van der Waals surface area contributed by atoms with E-state index >= 15 is 0 Å². The van der Waals surface area contributed by atoms with E-state index in [0.717, 1.165) is 55.7 Å². The average molecular weight is 486 g/mol. The Labute approximate surface area is 205 Å². The summed E-state index contributed by atoms with van der Waals surface area (Å²) < 4.78 is 13.3. The predicted molar refractivity (Wildman–Crippen MR) is 128 cm³/mol. The Morgan fingerprint density at radius 3 is 2.77 bits per heavy atom. The third-order valence-electron chi connectivity index (χ3n) is 6.71. The average Bonchev–Trinajstić information content (AvgIpc) is 3.61. The maximum Gasteiger partial charge on any atom is 0.407 e. The van der Waals surface area contributed by atoms with Crippen molar-refractivity contribution in [3.8, 4) is 17.1 Å². The summed E-state index contributed by atoms with van der Waals surface area (Å²) in [5.41, 5.74) is 2.89. The van der Waals surface area contributed by atoms with Crippen LogP contribution >= 0.6 is 0 Å². The summed E-state index contributed by atoms with van der Waals surface area (Å²) in [7, 11) is 1.78. The fourth-order valence-electron chi connectivity index (χ4n) is 4.62. The molecule has 0 aliphatic heterocycles. The molecule has 2 aromatic rings. The highest BCUT2D eigenvalue weighted by atomic mass is 16.6. The second kappa shape index (κ2) is 11.0. The smallest absolute Gasteiger partial charge is 0.407 e. The molecule has 0 radical (unpaired) electrons. The standard InChI is InChI=1S/C25H35N5O5/c1-4-6-15(2)34-25(33)26-14-20-23(28-29-30(20)3)19-11-12-21(22(27-19)16-9-10-16)35-18-8-5-7-17(13-18)24(31)32/h11-12,15-18H,4-10,13-14H2,1-3H3,(H,26,33)(H,31,32)/t15-,17+,18+/m1/s1. The molecule has 0 bridgehead atoms. The van der Waals surface area contributed by atoms with Crippen LogP contribution in [0.1, 0.15) is 82.5 Å². The number of aliphatic carboxylic acids is 1. The zero-order valence-electron chi connectivity index (χ0n) is 20.7. The maximum absolute atomic E-state index is 12.2. The number of nitrogens with one attached hydrogen (secondary N) is 1. The number of carbonyl (C=O) groups excluding carboxylic acids is 1. The Kier molecular flexibility index (Phi) is 7.87. The van der Waals surface area contributed by atoms with Gasteiger partial charge in [-0.05, 0) is 64.0 Å². The first-order valence-corrected chi connectivity index (χ1v) is 12.6. The minimum Gasteiger partial charge on any atom is -0.488 e. The van der Waals surface area contributed by atoms with E-state index in [9.17, 15) is 14.7 Å². The fourth-order valence-corrected chi connectivity index (χ4v) is 4.62. The van der Waals surface area contributed by atoms with Crippen LogP contribution in [0.2, 0.25) is 0 Å². The maximum atomic E-state index is 12.2. The summed E-state index contributed by atoms with van der Waals surface area (Å²) in [6.07, 6.45) is 6.04. The van der Waals surface area contributed by atoms with Crippen LogP contribution in [0.15, 0.2) is 12.1 Å². The van der Waals surface area contributed by atoms with Gasteiger partial charge in [-0.15, -0.1) is 5.10 Å². The van der Waals surface area contributed by atoms with E-state index in [-0.39, 0.29) is 24.7 Å². The van der Waals surface area contributed by atoms with Crippen molar-refractivity contribution in [3.05, 3.63) is 23.5 Å². The van der Waals surface area contributed by atoms with Crippen molar-refractivity contribution in [2.75, 3.05) is 0 Å². The Morgan fingerprint density at radius 1 is 1.26 bits per heavy atom. The van der Waals surface area contributed by atoms with Gasteiger partial charge in [0, 0.05) is 13.0 Å². The monoisotopic (exact) mass is 485 g/mol. The second-order valence-corrected chi connectivity index (χ2v) is 9.66. The minimum absolute atomic E-state index is 0.118. The van der Waals surface area contributed by atoms with Gasteiger partial charge in [-0.3, -0.25) is 4.79 Å². The normalized spacial score (nSPS) is 20.8. The summed E-state index contributed by atoms with van der Waals surface area (Å²) in [6.45, 7) is 4.14. The first kappa shape index (κ1) is 24.9. The number of aromatic nitrogens is 4. The minimum atomic E-state index is -0.748. The molecule has 2 fully saturated rings. The van der Waals surface area contributed by atoms with Gasteiger partial charge in [-0.2, -0.15) is 0 Å². The number of nitrogens with zero attached hydrogens (tertiary/aromatic N) is 4. The van der Waals surface area contributed by atoms with Gasteiger partial charge in [0.15, 0.2) is 0 Å². The van der Waals surface area contributed by atoms with E-state index in [1.54, 1.807) is 11.7 Å². The van der Waals surface area contributed by atoms with Crippen molar-refractivity contribution in [2.24, 2.45) is 13.0 Å². The molecule has 0 aromatic carbocycles. The van der Waals surface area contributed by atoms with Crippen molar-refractivity contribution in [3.63, 3.8) is 0 Å². The molecule has 35 heavy (non-hydrogen) atoms. The van der Waals surface area contributed by atoms with Crippen LogP contribution in [0, 0.1) is 5.92 Å². The Bertz CT molecular complexity index is 1050. The Hall–Kier alpha value is -3.17. The van der Waals surface area contributed by atoms with Gasteiger partial charge >= 0.3 is 12.1 Å². The topological polar surface area (TPSA) is 128 Å². The van der Waals surface area contributed by atoms with Crippen LogP contribution in [0.5, 0.6) is 5.75 Å². The van der Waals surface area contributed by atoms with Crippen molar-refractivity contribution < 1.29 is 24.2 Å². The number of ether oxygens (including phenoxy) is 2. The molecule has 2 aromatic heterocycles. The first-order valence-electron chi connectivity index (χ1n) is 12.6. The lowest BCUT2D eigenvalue weighted by molar-refractivity contribution is -0.143. The van der Waals surface area contributed by atoms with Crippen molar-refractivity contribution >= 4 is 12.1 Å². The third kappa shape index (κ3) is 6.29. The second-order valence-electron chi connectivity index (χ2n) is 9.66. The molecule has 0 unspecified atom stereocenters. The zero-order valence-corrected chi connectivity index (χ0v) is 20.7. The van der Waals surface area contributed by atoms with E-state index in [4.69, 9.17) is 14.5 Å². The third-order valence-corrected chi connectivity index (χ3v) is 6.71. The number of aryl methyl sites for hydroxylation is 1. The van der Waals surface area contributed by atoms with Gasteiger partial charge in [0.2, 0.25) is 0 Å². The number of hydrogen-bond acceptors (Lipinski definition) is 7. The van der Waals surface area contributed by atoms with E-state index in [2.05, 4.69) is 15.6 Å². The van der Waals surface area contributed by atoms with Crippen LogP contribution in [0.4, 0.5) is 4.79 Å². The van der Waals surface area contributed by atoms with Crippen molar-refractivity contribution in [2.45, 2.75) is 89.9 Å². The summed E-state index contributed by atoms with van der Waals surface area (Å²) in [5.74, 6) is -0.0419. The fraction of sp³-hybridized carbons (Fsp3) is 0.640. The molecule has 2 saturated carbocycles. The van der Waals surface area contributed by atoms with Crippen LogP contribution < -0.4 is 10.1 Å².